The zero-order chi connectivity index (χ0) is 34.9. The Morgan fingerprint density at radius 1 is 0.617 bits per heavy atom. The van der Waals surface area contributed by atoms with E-state index < -0.39 is 0 Å². The van der Waals surface area contributed by atoms with Crippen molar-refractivity contribution >= 4 is 11.8 Å². The van der Waals surface area contributed by atoms with Crippen LogP contribution >= 0.6 is 0 Å². The third-order valence-corrected chi connectivity index (χ3v) is 8.50. The fraction of sp³-hybridized carbons (Fsp3) is 0.778. The van der Waals surface area contributed by atoms with Crippen molar-refractivity contribution < 1.29 is 14.7 Å². The van der Waals surface area contributed by atoms with Gasteiger partial charge in [0.05, 0.1) is 0 Å². The molecule has 0 atom stereocenters. The minimum Gasteiger partial charge on any atom is -0.507 e. The number of aromatic hydroxyl groups is 1. The van der Waals surface area contributed by atoms with Crippen LogP contribution in [0.25, 0.3) is 0 Å². The highest BCUT2D eigenvalue weighted by atomic mass is 16.3. The van der Waals surface area contributed by atoms with Gasteiger partial charge in [0.25, 0.3) is 0 Å². The fourth-order valence-electron chi connectivity index (χ4n) is 5.47. The van der Waals surface area contributed by atoms with Crippen molar-refractivity contribution in [2.45, 2.75) is 103 Å². The fourth-order valence-corrected chi connectivity index (χ4v) is 5.47. The second-order valence-electron chi connectivity index (χ2n) is 13.6. The molecule has 272 valence electrons. The number of phenolic OH excluding ortho intramolecular Hbond substituents is 1. The molecular formula is C36H70N8O3. The molecule has 0 heterocycles. The number of nitrogens with zero attached hydrogens (tertiary/aromatic N) is 2. The lowest BCUT2D eigenvalue weighted by Gasteiger charge is -2.25. The van der Waals surface area contributed by atoms with E-state index in [4.69, 9.17) is 22.9 Å². The van der Waals surface area contributed by atoms with Gasteiger partial charge in [-0.15, -0.1) is 0 Å². The summed E-state index contributed by atoms with van der Waals surface area (Å²) >= 11 is 0. The number of rotatable bonds is 28. The van der Waals surface area contributed by atoms with Gasteiger partial charge < -0.3 is 48.5 Å². The summed E-state index contributed by atoms with van der Waals surface area (Å²) in [6.07, 6.45) is 8.77. The molecule has 11 N–H and O–H groups in total. The summed E-state index contributed by atoms with van der Waals surface area (Å²) in [4.78, 5) is 30.6. The standard InChI is InChI=1S/C36H70N8O3/c1-36(2,3)32-28-30(12-14-33(45)43(26-10-18-39)24-6-4-20-41-22-8-16-37)35(47)31(29-32)13-15-34(46)44(27-11-19-40)25-7-5-21-42-23-9-17-38/h28-29,41-42,47H,4-27,37-40H2,1-3H3. The van der Waals surface area contributed by atoms with E-state index in [0.717, 1.165) is 94.2 Å². The molecule has 2 amide bonds. The monoisotopic (exact) mass is 663 g/mol. The van der Waals surface area contributed by atoms with Gasteiger partial charge in [0, 0.05) is 39.0 Å². The summed E-state index contributed by atoms with van der Waals surface area (Å²) in [5.41, 5.74) is 25.1. The number of nitrogens with one attached hydrogen (secondary N) is 2. The second-order valence-corrected chi connectivity index (χ2v) is 13.6. The van der Waals surface area contributed by atoms with Crippen molar-refractivity contribution in [2.24, 2.45) is 22.9 Å². The van der Waals surface area contributed by atoms with Crippen molar-refractivity contribution in [3.63, 3.8) is 0 Å². The summed E-state index contributed by atoms with van der Waals surface area (Å²) in [7, 11) is 0. The molecule has 0 aliphatic heterocycles. The lowest BCUT2D eigenvalue weighted by atomic mass is 9.83. The number of phenols is 1. The smallest absolute Gasteiger partial charge is 0.222 e. The van der Waals surface area contributed by atoms with Gasteiger partial charge in [0.15, 0.2) is 0 Å². The Labute approximate surface area is 285 Å². The first-order valence-electron chi connectivity index (χ1n) is 18.2. The van der Waals surface area contributed by atoms with E-state index in [1.807, 2.05) is 21.9 Å². The average molecular weight is 663 g/mol. The maximum absolute atomic E-state index is 13.4. The molecule has 0 aliphatic carbocycles. The van der Waals surface area contributed by atoms with Gasteiger partial charge in [0.1, 0.15) is 5.75 Å². The molecule has 11 nitrogen and oxygen atoms in total. The number of unbranched alkanes of at least 4 members (excludes halogenated alkanes) is 2. The van der Waals surface area contributed by atoms with Crippen LogP contribution in [-0.4, -0.2) is 105 Å². The Hall–Kier alpha value is -2.28. The largest absolute Gasteiger partial charge is 0.507 e. The molecule has 0 aliphatic rings. The van der Waals surface area contributed by atoms with E-state index in [2.05, 4.69) is 31.4 Å². The van der Waals surface area contributed by atoms with Gasteiger partial charge in [-0.25, -0.2) is 0 Å². The molecule has 0 unspecified atom stereocenters. The molecule has 1 aromatic rings. The third kappa shape index (κ3) is 18.7. The molecule has 0 radical (unpaired) electrons. The Kier molecular flexibility index (Phi) is 23.4. The number of hydrogen-bond donors (Lipinski definition) is 7. The first-order valence-corrected chi connectivity index (χ1v) is 18.2. The van der Waals surface area contributed by atoms with Crippen molar-refractivity contribution in [3.8, 4) is 5.75 Å². The van der Waals surface area contributed by atoms with Crippen molar-refractivity contribution in [2.75, 3.05) is 78.5 Å². The predicted molar refractivity (Wildman–Crippen MR) is 196 cm³/mol. The first kappa shape index (κ1) is 42.7. The summed E-state index contributed by atoms with van der Waals surface area (Å²) in [6, 6.07) is 4.06. The van der Waals surface area contributed by atoms with E-state index in [-0.39, 0.29) is 23.0 Å². The lowest BCUT2D eigenvalue weighted by molar-refractivity contribution is -0.132. The molecule has 0 saturated carbocycles. The van der Waals surface area contributed by atoms with Crippen LogP contribution in [0.1, 0.15) is 102 Å². The molecule has 0 fully saturated rings. The average Bonchev–Trinajstić information content (AvgIpc) is 3.04. The highest BCUT2D eigenvalue weighted by Crippen LogP contribution is 2.33. The number of hydrogen-bond acceptors (Lipinski definition) is 9. The van der Waals surface area contributed by atoms with Gasteiger partial charge >= 0.3 is 0 Å². The first-order chi connectivity index (χ1) is 22.6. The van der Waals surface area contributed by atoms with E-state index in [1.54, 1.807) is 0 Å². The van der Waals surface area contributed by atoms with E-state index in [0.29, 0.717) is 78.0 Å². The molecule has 11 heteroatoms. The second kappa shape index (κ2) is 25.7. The quantitative estimate of drug-likeness (QED) is 0.0661. The highest BCUT2D eigenvalue weighted by molar-refractivity contribution is 5.77. The van der Waals surface area contributed by atoms with E-state index >= 15 is 0 Å². The van der Waals surface area contributed by atoms with Gasteiger partial charge in [-0.3, -0.25) is 9.59 Å². The van der Waals surface area contributed by atoms with E-state index in [1.165, 1.54) is 0 Å². The molecule has 1 aromatic carbocycles. The topological polar surface area (TPSA) is 189 Å². The van der Waals surface area contributed by atoms with Gasteiger partial charge in [-0.05, 0) is 139 Å². The molecule has 1 rings (SSSR count). The van der Waals surface area contributed by atoms with Crippen LogP contribution in [0.4, 0.5) is 0 Å². The van der Waals surface area contributed by atoms with Crippen molar-refractivity contribution in [1.82, 2.24) is 20.4 Å². The minimum atomic E-state index is -0.151. The number of benzene rings is 1. The molecule has 47 heavy (non-hydrogen) atoms. The van der Waals surface area contributed by atoms with Crippen molar-refractivity contribution in [3.05, 3.63) is 28.8 Å². The van der Waals surface area contributed by atoms with Gasteiger partial charge in [-0.2, -0.15) is 0 Å². The summed E-state index contributed by atoms with van der Waals surface area (Å²) in [6.45, 7) is 15.2. The van der Waals surface area contributed by atoms with Crippen LogP contribution in [0.3, 0.4) is 0 Å². The Bertz CT molecular complexity index is 918. The van der Waals surface area contributed by atoms with Gasteiger partial charge in [0.2, 0.25) is 11.8 Å². The Morgan fingerprint density at radius 2 is 0.979 bits per heavy atom. The summed E-state index contributed by atoms with van der Waals surface area (Å²) < 4.78 is 0. The van der Waals surface area contributed by atoms with Crippen LogP contribution in [0.5, 0.6) is 5.75 Å². The maximum Gasteiger partial charge on any atom is 0.222 e. The normalized spacial score (nSPS) is 11.6. The highest BCUT2D eigenvalue weighted by Gasteiger charge is 2.22. The lowest BCUT2D eigenvalue weighted by Crippen LogP contribution is -2.34. The van der Waals surface area contributed by atoms with Crippen molar-refractivity contribution in [1.29, 1.82) is 0 Å². The number of carbonyl (C=O) groups is 2. The molecular weight excluding hydrogens is 592 g/mol. The van der Waals surface area contributed by atoms with Crippen LogP contribution in [0, 0.1) is 0 Å². The van der Waals surface area contributed by atoms with E-state index in [9.17, 15) is 14.7 Å². The van der Waals surface area contributed by atoms with Crippen LogP contribution in [0.2, 0.25) is 0 Å². The predicted octanol–water partition coefficient (Wildman–Crippen LogP) is 2.35. The molecule has 0 bridgehead atoms. The Morgan fingerprint density at radius 3 is 1.34 bits per heavy atom. The number of amides is 2. The van der Waals surface area contributed by atoms with Crippen LogP contribution < -0.4 is 33.6 Å². The number of carbonyl (C=O) groups excluding carboxylic acids is 2. The molecule has 0 spiro atoms. The SMILES string of the molecule is CC(C)(C)c1cc(CCC(=O)N(CCCN)CCCCNCCCN)c(O)c(CCC(=O)N(CCCN)CCCCNCCCN)c1. The summed E-state index contributed by atoms with van der Waals surface area (Å²) in [5.74, 6) is 0.363. The molecule has 0 aromatic heterocycles. The van der Waals surface area contributed by atoms with Gasteiger partial charge in [-0.1, -0.05) is 32.9 Å². The van der Waals surface area contributed by atoms with Crippen LogP contribution in [0.15, 0.2) is 12.1 Å². The minimum absolute atomic E-state index is 0.0805. The van der Waals surface area contributed by atoms with Crippen LogP contribution in [-0.2, 0) is 27.8 Å². The zero-order valence-electron chi connectivity index (χ0n) is 30.1. The third-order valence-electron chi connectivity index (χ3n) is 8.50. The zero-order valence-corrected chi connectivity index (χ0v) is 30.1. The number of aryl methyl sites for hydroxylation is 2. The maximum atomic E-state index is 13.4. The number of nitrogens with two attached hydrogens (primary N) is 4. The molecule has 0 saturated heterocycles. The Balaban J connectivity index is 2.90. The summed E-state index contributed by atoms with van der Waals surface area (Å²) in [5, 5.41) is 18.2.